The van der Waals surface area contributed by atoms with Gasteiger partial charge in [0, 0.05) is 6.20 Å². The number of amides is 3. The van der Waals surface area contributed by atoms with Crippen molar-refractivity contribution < 1.29 is 27.4 Å². The zero-order valence-corrected chi connectivity index (χ0v) is 11.7. The second-order valence-electron chi connectivity index (χ2n) is 4.29. The third kappa shape index (κ3) is 3.03. The lowest BCUT2D eigenvalue weighted by Crippen LogP contribution is -2.47. The fourth-order valence-corrected chi connectivity index (χ4v) is 2.45. The minimum atomic E-state index is -4.72. The molecule has 12 heteroatoms. The van der Waals surface area contributed by atoms with Crippen molar-refractivity contribution in [3.63, 3.8) is 0 Å². The number of nitrogens with two attached hydrogens (primary N) is 1. The first-order valence-corrected chi connectivity index (χ1v) is 7.31. The zero-order chi connectivity index (χ0) is 16.5. The summed E-state index contributed by atoms with van der Waals surface area (Å²) in [6, 6.07) is 2.70. The van der Waals surface area contributed by atoms with Gasteiger partial charge in [-0.2, -0.15) is 13.4 Å². The Morgan fingerprint density at radius 1 is 1.41 bits per heavy atom. The van der Waals surface area contributed by atoms with Gasteiger partial charge >= 0.3 is 0 Å². The fraction of sp³-hybridized carbons (Fsp3) is 0.200. The van der Waals surface area contributed by atoms with Crippen molar-refractivity contribution in [2.75, 3.05) is 5.43 Å². The van der Waals surface area contributed by atoms with Crippen LogP contribution in [0.1, 0.15) is 16.8 Å². The van der Waals surface area contributed by atoms with Crippen LogP contribution in [0.15, 0.2) is 18.3 Å². The Morgan fingerprint density at radius 3 is 2.55 bits per heavy atom. The third-order valence-corrected chi connectivity index (χ3v) is 3.94. The number of carbonyl (C=O) groups is 3. The minimum Gasteiger partial charge on any atom is -0.308 e. The monoisotopic (exact) mass is 329 g/mol. The van der Waals surface area contributed by atoms with Gasteiger partial charge in [0.2, 0.25) is 5.91 Å². The predicted molar refractivity (Wildman–Crippen MR) is 71.3 cm³/mol. The lowest BCUT2D eigenvalue weighted by Gasteiger charge is -2.15. The summed E-state index contributed by atoms with van der Waals surface area (Å²) in [5.74, 6) is 2.37. The van der Waals surface area contributed by atoms with Crippen LogP contribution in [-0.4, -0.2) is 45.9 Å². The maximum Gasteiger partial charge on any atom is 0.277 e. The van der Waals surface area contributed by atoms with Crippen molar-refractivity contribution in [2.24, 2.45) is 5.84 Å². The lowest BCUT2D eigenvalue weighted by molar-refractivity contribution is -0.141. The van der Waals surface area contributed by atoms with Crippen molar-refractivity contribution in [1.82, 2.24) is 15.4 Å². The minimum absolute atomic E-state index is 0.00917. The summed E-state index contributed by atoms with van der Waals surface area (Å²) in [7, 11) is -4.72. The maximum atomic E-state index is 11.9. The molecule has 11 nitrogen and oxygen atoms in total. The van der Waals surface area contributed by atoms with E-state index in [1.165, 1.54) is 12.1 Å². The number of aromatic nitrogens is 1. The number of carbonyl (C=O) groups excluding carboxylic acids is 3. The SMILES string of the molecule is NNc1ccc(C(=O)NN2C(=O)CC(S(=O)(=O)O)C2=O)cn1. The largest absolute Gasteiger partial charge is 0.308 e. The molecule has 1 aliphatic heterocycles. The summed E-state index contributed by atoms with van der Waals surface area (Å²) in [4.78, 5) is 39.0. The molecule has 0 radical (unpaired) electrons. The van der Waals surface area contributed by atoms with Crippen LogP contribution in [0.3, 0.4) is 0 Å². The number of rotatable bonds is 4. The van der Waals surface area contributed by atoms with Crippen molar-refractivity contribution in [3.05, 3.63) is 23.9 Å². The van der Waals surface area contributed by atoms with Gasteiger partial charge in [-0.1, -0.05) is 0 Å². The van der Waals surface area contributed by atoms with E-state index in [-0.39, 0.29) is 16.4 Å². The number of hydrogen-bond acceptors (Lipinski definition) is 8. The van der Waals surface area contributed by atoms with E-state index in [1.807, 2.05) is 5.43 Å². The van der Waals surface area contributed by atoms with E-state index in [4.69, 9.17) is 10.4 Å². The van der Waals surface area contributed by atoms with Crippen LogP contribution in [0.5, 0.6) is 0 Å². The van der Waals surface area contributed by atoms with Gasteiger partial charge in [0.15, 0.2) is 5.25 Å². The van der Waals surface area contributed by atoms with Crippen LogP contribution in [-0.2, 0) is 19.7 Å². The molecular weight excluding hydrogens is 318 g/mol. The molecule has 0 spiro atoms. The third-order valence-electron chi connectivity index (χ3n) is 2.85. The molecule has 1 unspecified atom stereocenters. The molecule has 1 aliphatic rings. The lowest BCUT2D eigenvalue weighted by atomic mass is 10.3. The van der Waals surface area contributed by atoms with Crippen molar-refractivity contribution in [1.29, 1.82) is 0 Å². The van der Waals surface area contributed by atoms with E-state index >= 15 is 0 Å². The molecule has 2 heterocycles. The molecule has 1 atom stereocenters. The van der Waals surface area contributed by atoms with Gasteiger partial charge in [0.05, 0.1) is 12.0 Å². The number of hydrazine groups is 2. The van der Waals surface area contributed by atoms with Gasteiger partial charge in [0.25, 0.3) is 21.9 Å². The summed E-state index contributed by atoms with van der Waals surface area (Å²) >= 11 is 0. The van der Waals surface area contributed by atoms with Crippen LogP contribution in [0, 0.1) is 0 Å². The number of pyridine rings is 1. The Bertz CT molecular complexity index is 731. The number of nitrogens with one attached hydrogen (secondary N) is 2. The highest BCUT2D eigenvalue weighted by atomic mass is 32.2. The highest BCUT2D eigenvalue weighted by Crippen LogP contribution is 2.17. The van der Waals surface area contributed by atoms with Gasteiger partial charge in [-0.05, 0) is 12.1 Å². The normalized spacial score (nSPS) is 18.5. The van der Waals surface area contributed by atoms with Gasteiger partial charge in [-0.3, -0.25) is 24.4 Å². The Labute approximate surface area is 124 Å². The average Bonchev–Trinajstić information content (AvgIpc) is 2.75. The topological polar surface area (TPSA) is 172 Å². The van der Waals surface area contributed by atoms with Gasteiger partial charge in [-0.25, -0.2) is 10.8 Å². The van der Waals surface area contributed by atoms with Crippen molar-refractivity contribution >= 4 is 33.7 Å². The predicted octanol–water partition coefficient (Wildman–Crippen LogP) is -1.97. The summed E-state index contributed by atoms with van der Waals surface area (Å²) in [5.41, 5.74) is 4.22. The molecule has 0 saturated carbocycles. The number of nitrogen functional groups attached to an aromatic ring is 1. The van der Waals surface area contributed by atoms with E-state index in [9.17, 15) is 22.8 Å². The number of anilines is 1. The second kappa shape index (κ2) is 5.67. The zero-order valence-electron chi connectivity index (χ0n) is 10.9. The summed E-state index contributed by atoms with van der Waals surface area (Å²) in [6.07, 6.45) is 0.391. The Kier molecular flexibility index (Phi) is 4.07. The first-order chi connectivity index (χ1) is 10.2. The molecule has 2 rings (SSSR count). The van der Waals surface area contributed by atoms with Gasteiger partial charge in [-0.15, -0.1) is 0 Å². The van der Waals surface area contributed by atoms with E-state index in [1.54, 1.807) is 0 Å². The molecule has 1 aromatic rings. The van der Waals surface area contributed by atoms with Crippen molar-refractivity contribution in [2.45, 2.75) is 11.7 Å². The molecule has 3 amide bonds. The first-order valence-electron chi connectivity index (χ1n) is 5.81. The number of imide groups is 1. The van der Waals surface area contributed by atoms with Crippen LogP contribution >= 0.6 is 0 Å². The first kappa shape index (κ1) is 15.8. The molecule has 0 bridgehead atoms. The summed E-state index contributed by atoms with van der Waals surface area (Å²) in [5, 5.41) is -1.65. The van der Waals surface area contributed by atoms with Crippen molar-refractivity contribution in [3.8, 4) is 0 Å². The number of nitrogens with zero attached hydrogens (tertiary/aromatic N) is 2. The second-order valence-corrected chi connectivity index (χ2v) is 5.89. The van der Waals surface area contributed by atoms with E-state index in [0.717, 1.165) is 6.20 Å². The summed E-state index contributed by atoms with van der Waals surface area (Å²) in [6.45, 7) is 0. The number of hydrogen-bond donors (Lipinski definition) is 4. The molecule has 118 valence electrons. The molecule has 1 saturated heterocycles. The Balaban J connectivity index is 2.14. The molecule has 1 aromatic heterocycles. The van der Waals surface area contributed by atoms with E-state index < -0.39 is 39.5 Å². The Morgan fingerprint density at radius 2 is 2.09 bits per heavy atom. The standard InChI is InChI=1S/C10H11N5O6S/c11-13-7-2-1-5(4-12-7)9(17)14-15-8(16)3-6(10(15)18)22(19,20)21/h1-2,4,6H,3,11H2,(H,12,13)(H,14,17)(H,19,20,21). The van der Waals surface area contributed by atoms with E-state index in [0.29, 0.717) is 0 Å². The fourth-order valence-electron chi connectivity index (χ4n) is 1.73. The van der Waals surface area contributed by atoms with Gasteiger partial charge in [0.1, 0.15) is 5.82 Å². The van der Waals surface area contributed by atoms with Crippen LogP contribution in [0.2, 0.25) is 0 Å². The summed E-state index contributed by atoms with van der Waals surface area (Å²) < 4.78 is 30.8. The highest BCUT2D eigenvalue weighted by molar-refractivity contribution is 7.87. The molecule has 0 aromatic carbocycles. The van der Waals surface area contributed by atoms with Gasteiger partial charge < -0.3 is 5.43 Å². The highest BCUT2D eigenvalue weighted by Gasteiger charge is 2.46. The van der Waals surface area contributed by atoms with Crippen LogP contribution in [0.4, 0.5) is 5.82 Å². The van der Waals surface area contributed by atoms with Crippen LogP contribution < -0.4 is 16.7 Å². The maximum absolute atomic E-state index is 11.9. The average molecular weight is 329 g/mol. The quantitative estimate of drug-likeness (QED) is 0.211. The molecule has 1 fully saturated rings. The van der Waals surface area contributed by atoms with Crippen LogP contribution in [0.25, 0.3) is 0 Å². The molecule has 0 aliphatic carbocycles. The molecular formula is C10H11N5O6S. The molecule has 22 heavy (non-hydrogen) atoms. The molecule has 5 N–H and O–H groups in total. The Hall–Kier alpha value is -2.57. The van der Waals surface area contributed by atoms with E-state index in [2.05, 4.69) is 10.4 Å². The smallest absolute Gasteiger partial charge is 0.277 e.